The van der Waals surface area contributed by atoms with E-state index in [0.29, 0.717) is 29.7 Å². The molecule has 5 nitrogen and oxygen atoms in total. The summed E-state index contributed by atoms with van der Waals surface area (Å²) in [6, 6.07) is 4.79. The van der Waals surface area contributed by atoms with Gasteiger partial charge >= 0.3 is 0 Å². The molecule has 2 heterocycles. The van der Waals surface area contributed by atoms with Crippen molar-refractivity contribution in [3.63, 3.8) is 0 Å². The van der Waals surface area contributed by atoms with E-state index in [1.807, 2.05) is 4.90 Å². The third-order valence-electron chi connectivity index (χ3n) is 4.21. The first-order valence-corrected chi connectivity index (χ1v) is 8.16. The van der Waals surface area contributed by atoms with Crippen LogP contribution in [0.3, 0.4) is 0 Å². The first-order valence-electron chi connectivity index (χ1n) is 8.16. The highest BCUT2D eigenvalue weighted by Gasteiger charge is 2.15. The molecule has 6 heteroatoms. The topological polar surface area (TPSA) is 58.1 Å². The average molecular weight is 316 g/mol. The third kappa shape index (κ3) is 3.75. The molecule has 1 aromatic carbocycles. The zero-order chi connectivity index (χ0) is 16.1. The Balaban J connectivity index is 1.60. The van der Waals surface area contributed by atoms with E-state index in [9.17, 15) is 9.18 Å². The second-order valence-corrected chi connectivity index (χ2v) is 5.83. The molecule has 1 N–H and O–H groups in total. The van der Waals surface area contributed by atoms with Crippen molar-refractivity contribution in [2.75, 3.05) is 25.0 Å². The lowest BCUT2D eigenvalue weighted by molar-refractivity contribution is -0.130. The molecule has 1 aromatic heterocycles. The van der Waals surface area contributed by atoms with Gasteiger partial charge in [-0.2, -0.15) is 0 Å². The molecule has 0 unspecified atom stereocenters. The largest absolute Gasteiger partial charge is 0.369 e. The molecular weight excluding hydrogens is 295 g/mol. The van der Waals surface area contributed by atoms with Crippen LogP contribution in [0, 0.1) is 5.82 Å². The van der Waals surface area contributed by atoms with Gasteiger partial charge in [-0.3, -0.25) is 4.79 Å². The Labute approximate surface area is 134 Å². The third-order valence-corrected chi connectivity index (χ3v) is 4.21. The van der Waals surface area contributed by atoms with Gasteiger partial charge in [-0.1, -0.05) is 18.9 Å². The maximum atomic E-state index is 13.7. The highest BCUT2D eigenvalue weighted by Crippen LogP contribution is 2.21. The second kappa shape index (κ2) is 7.35. The zero-order valence-corrected chi connectivity index (χ0v) is 13.1. The quantitative estimate of drug-likeness (QED) is 0.942. The summed E-state index contributed by atoms with van der Waals surface area (Å²) >= 11 is 0. The molecule has 122 valence electrons. The maximum absolute atomic E-state index is 13.7. The van der Waals surface area contributed by atoms with Crippen molar-refractivity contribution in [1.82, 2.24) is 14.9 Å². The fourth-order valence-corrected chi connectivity index (χ4v) is 2.96. The first-order chi connectivity index (χ1) is 11.3. The summed E-state index contributed by atoms with van der Waals surface area (Å²) in [5.74, 6) is 0.371. The molecule has 0 radical (unpaired) electrons. The van der Waals surface area contributed by atoms with Crippen molar-refractivity contribution in [2.45, 2.75) is 32.1 Å². The molecule has 1 fully saturated rings. The van der Waals surface area contributed by atoms with Crippen LogP contribution in [0.2, 0.25) is 0 Å². The Morgan fingerprint density at radius 2 is 1.96 bits per heavy atom. The Morgan fingerprint density at radius 1 is 1.17 bits per heavy atom. The van der Waals surface area contributed by atoms with Gasteiger partial charge in [-0.25, -0.2) is 14.4 Å². The van der Waals surface area contributed by atoms with E-state index < -0.39 is 0 Å². The van der Waals surface area contributed by atoms with Gasteiger partial charge in [0, 0.05) is 31.4 Å². The Morgan fingerprint density at radius 3 is 2.74 bits per heavy atom. The number of carbonyl (C=O) groups is 1. The van der Waals surface area contributed by atoms with Crippen LogP contribution in [0.15, 0.2) is 24.5 Å². The maximum Gasteiger partial charge on any atom is 0.224 e. The van der Waals surface area contributed by atoms with Crippen LogP contribution in [0.25, 0.3) is 10.9 Å². The molecule has 0 spiro atoms. The number of halogens is 1. The standard InChI is InChI=1S/C17H21FN4O/c18-14-7-5-6-13-16(14)20-12-21-17(13)19-9-8-15(23)22-10-3-1-2-4-11-22/h5-7,12H,1-4,8-11H2,(H,19,20,21). The highest BCUT2D eigenvalue weighted by atomic mass is 19.1. The molecule has 23 heavy (non-hydrogen) atoms. The number of nitrogens with zero attached hydrogens (tertiary/aromatic N) is 3. The minimum absolute atomic E-state index is 0.170. The van der Waals surface area contributed by atoms with Crippen molar-refractivity contribution in [3.8, 4) is 0 Å². The van der Waals surface area contributed by atoms with Crippen molar-refractivity contribution in [1.29, 1.82) is 0 Å². The SMILES string of the molecule is O=C(CCNc1ncnc2c(F)cccc12)N1CCCCCC1. The molecule has 3 rings (SSSR count). The normalized spacial score (nSPS) is 15.4. The van der Waals surface area contributed by atoms with Gasteiger partial charge in [-0.15, -0.1) is 0 Å². The van der Waals surface area contributed by atoms with E-state index >= 15 is 0 Å². The fourth-order valence-electron chi connectivity index (χ4n) is 2.96. The highest BCUT2D eigenvalue weighted by molar-refractivity contribution is 5.89. The number of likely N-dealkylation sites (tertiary alicyclic amines) is 1. The van der Waals surface area contributed by atoms with Crippen LogP contribution in [0.5, 0.6) is 0 Å². The van der Waals surface area contributed by atoms with Crippen LogP contribution < -0.4 is 5.32 Å². The molecule has 0 saturated carbocycles. The number of para-hydroxylation sites is 1. The summed E-state index contributed by atoms with van der Waals surface area (Å²) in [7, 11) is 0. The molecule has 2 aromatic rings. The number of anilines is 1. The van der Waals surface area contributed by atoms with Crippen LogP contribution >= 0.6 is 0 Å². The molecule has 1 saturated heterocycles. The molecular formula is C17H21FN4O. The van der Waals surface area contributed by atoms with Gasteiger partial charge in [0.05, 0.1) is 0 Å². The van der Waals surface area contributed by atoms with Crippen LogP contribution in [0.4, 0.5) is 10.2 Å². The zero-order valence-electron chi connectivity index (χ0n) is 13.1. The lowest BCUT2D eigenvalue weighted by Gasteiger charge is -2.20. The van der Waals surface area contributed by atoms with Gasteiger partial charge in [0.25, 0.3) is 0 Å². The lowest BCUT2D eigenvalue weighted by Crippen LogP contribution is -2.32. The number of hydrogen-bond acceptors (Lipinski definition) is 4. The number of benzene rings is 1. The smallest absolute Gasteiger partial charge is 0.224 e. The van der Waals surface area contributed by atoms with E-state index in [1.54, 1.807) is 12.1 Å². The molecule has 1 aliphatic heterocycles. The minimum Gasteiger partial charge on any atom is -0.369 e. The van der Waals surface area contributed by atoms with E-state index in [1.165, 1.54) is 25.2 Å². The predicted molar refractivity (Wildman–Crippen MR) is 87.7 cm³/mol. The minimum atomic E-state index is -0.367. The number of fused-ring (bicyclic) bond motifs is 1. The summed E-state index contributed by atoms with van der Waals surface area (Å²) < 4.78 is 13.7. The van der Waals surface area contributed by atoms with Crippen molar-refractivity contribution in [3.05, 3.63) is 30.3 Å². The fraction of sp³-hybridized carbons (Fsp3) is 0.471. The molecule has 0 aliphatic carbocycles. The van der Waals surface area contributed by atoms with Crippen LogP contribution in [-0.4, -0.2) is 40.4 Å². The lowest BCUT2D eigenvalue weighted by atomic mass is 10.2. The molecule has 1 aliphatic rings. The predicted octanol–water partition coefficient (Wildman–Crippen LogP) is 2.97. The Bertz CT molecular complexity index is 683. The molecule has 1 amide bonds. The van der Waals surface area contributed by atoms with Crippen molar-refractivity contribution >= 4 is 22.6 Å². The Hall–Kier alpha value is -2.24. The van der Waals surface area contributed by atoms with E-state index in [0.717, 1.165) is 25.9 Å². The van der Waals surface area contributed by atoms with Gasteiger partial charge in [-0.05, 0) is 25.0 Å². The van der Waals surface area contributed by atoms with Gasteiger partial charge in [0.15, 0.2) is 0 Å². The monoisotopic (exact) mass is 316 g/mol. The number of rotatable bonds is 4. The Kier molecular flexibility index (Phi) is 5.00. The van der Waals surface area contributed by atoms with E-state index in [-0.39, 0.29) is 11.7 Å². The van der Waals surface area contributed by atoms with Crippen molar-refractivity contribution in [2.24, 2.45) is 0 Å². The summed E-state index contributed by atoms with van der Waals surface area (Å²) in [5.41, 5.74) is 0.295. The van der Waals surface area contributed by atoms with Crippen LogP contribution in [0.1, 0.15) is 32.1 Å². The summed E-state index contributed by atoms with van der Waals surface area (Å²) in [6.07, 6.45) is 6.36. The van der Waals surface area contributed by atoms with Crippen LogP contribution in [-0.2, 0) is 4.79 Å². The first kappa shape index (κ1) is 15.6. The number of nitrogens with one attached hydrogen (secondary N) is 1. The average Bonchev–Trinajstić information content (AvgIpc) is 2.85. The molecule has 0 atom stereocenters. The van der Waals surface area contributed by atoms with Gasteiger partial charge in [0.2, 0.25) is 5.91 Å². The number of amides is 1. The van der Waals surface area contributed by atoms with E-state index in [2.05, 4.69) is 15.3 Å². The summed E-state index contributed by atoms with van der Waals surface area (Å²) in [6.45, 7) is 2.21. The summed E-state index contributed by atoms with van der Waals surface area (Å²) in [4.78, 5) is 22.3. The summed E-state index contributed by atoms with van der Waals surface area (Å²) in [5, 5.41) is 3.77. The molecule has 0 bridgehead atoms. The second-order valence-electron chi connectivity index (χ2n) is 5.83. The number of hydrogen-bond donors (Lipinski definition) is 1. The van der Waals surface area contributed by atoms with Gasteiger partial charge < -0.3 is 10.2 Å². The number of carbonyl (C=O) groups excluding carboxylic acids is 1. The van der Waals surface area contributed by atoms with Gasteiger partial charge in [0.1, 0.15) is 23.5 Å². The number of aromatic nitrogens is 2. The van der Waals surface area contributed by atoms with E-state index in [4.69, 9.17) is 0 Å². The van der Waals surface area contributed by atoms with Crippen molar-refractivity contribution < 1.29 is 9.18 Å².